The van der Waals surface area contributed by atoms with Crippen LogP contribution in [0.2, 0.25) is 0 Å². The van der Waals surface area contributed by atoms with Gasteiger partial charge in [-0.05, 0) is 42.8 Å². The van der Waals surface area contributed by atoms with Gasteiger partial charge in [0.2, 0.25) is 0 Å². The Bertz CT molecular complexity index is 1670. The zero-order valence-corrected chi connectivity index (χ0v) is 22.8. The molecule has 7 heteroatoms. The van der Waals surface area contributed by atoms with E-state index in [2.05, 4.69) is 28.5 Å². The van der Waals surface area contributed by atoms with Crippen LogP contribution in [0, 0.1) is 0 Å². The number of benzene rings is 4. The van der Waals surface area contributed by atoms with Crippen molar-refractivity contribution in [3.63, 3.8) is 0 Å². The first-order valence-electron chi connectivity index (χ1n) is 13.6. The smallest absolute Gasteiger partial charge is 0.326 e. The number of para-hydroxylation sites is 1. The molecule has 1 atom stereocenters. The van der Waals surface area contributed by atoms with Crippen molar-refractivity contribution in [3.8, 4) is 11.5 Å². The number of carbonyl (C=O) groups is 2. The van der Waals surface area contributed by atoms with Gasteiger partial charge in [-0.25, -0.2) is 4.79 Å². The van der Waals surface area contributed by atoms with Gasteiger partial charge < -0.3 is 24.9 Å². The van der Waals surface area contributed by atoms with Crippen molar-refractivity contribution in [2.45, 2.75) is 25.8 Å². The van der Waals surface area contributed by atoms with Crippen molar-refractivity contribution in [3.05, 3.63) is 120 Å². The van der Waals surface area contributed by atoms with Crippen molar-refractivity contribution in [1.29, 1.82) is 0 Å². The molecular formula is C34H32N2O5. The number of carbonyl (C=O) groups excluding carboxylic acids is 1. The molecule has 41 heavy (non-hydrogen) atoms. The number of hydrogen-bond acceptors (Lipinski definition) is 5. The van der Waals surface area contributed by atoms with Crippen LogP contribution < -0.4 is 14.8 Å². The highest BCUT2D eigenvalue weighted by Crippen LogP contribution is 2.33. The molecule has 0 bridgehead atoms. The van der Waals surface area contributed by atoms with E-state index in [4.69, 9.17) is 9.47 Å². The molecule has 0 spiro atoms. The number of hydrogen-bond donors (Lipinski definition) is 3. The Kier molecular flexibility index (Phi) is 8.64. The van der Waals surface area contributed by atoms with Crippen molar-refractivity contribution in [2.75, 3.05) is 13.2 Å². The number of H-pyrrole nitrogens is 1. The maximum Gasteiger partial charge on any atom is 0.326 e. The maximum absolute atomic E-state index is 12.4. The zero-order chi connectivity index (χ0) is 28.6. The van der Waals surface area contributed by atoms with Crippen molar-refractivity contribution < 1.29 is 24.2 Å². The van der Waals surface area contributed by atoms with Crippen LogP contribution in [0.5, 0.6) is 11.5 Å². The first-order chi connectivity index (χ1) is 20.0. The minimum absolute atomic E-state index is 0.179. The van der Waals surface area contributed by atoms with Gasteiger partial charge >= 0.3 is 5.97 Å². The fourth-order valence-electron chi connectivity index (χ4n) is 4.78. The largest absolute Gasteiger partial charge is 0.493 e. The Morgan fingerprint density at radius 2 is 1.56 bits per heavy atom. The summed E-state index contributed by atoms with van der Waals surface area (Å²) in [6.45, 7) is 2.70. The Hall–Kier alpha value is -5.04. The molecule has 5 aromatic rings. The van der Waals surface area contributed by atoms with Gasteiger partial charge in [-0.1, -0.05) is 66.7 Å². The van der Waals surface area contributed by atoms with Crippen molar-refractivity contribution in [2.24, 2.45) is 0 Å². The van der Waals surface area contributed by atoms with Gasteiger partial charge in [0.05, 0.1) is 18.7 Å². The van der Waals surface area contributed by atoms with E-state index in [0.717, 1.165) is 33.1 Å². The predicted octanol–water partition coefficient (Wildman–Crippen LogP) is 6.54. The summed E-state index contributed by atoms with van der Waals surface area (Å²) >= 11 is 0. The fourth-order valence-corrected chi connectivity index (χ4v) is 4.78. The van der Waals surface area contributed by atoms with Gasteiger partial charge in [0.15, 0.2) is 5.78 Å². The van der Waals surface area contributed by atoms with Crippen LogP contribution in [0.3, 0.4) is 0 Å². The first-order valence-corrected chi connectivity index (χ1v) is 13.6. The van der Waals surface area contributed by atoms with Crippen LogP contribution >= 0.6 is 0 Å². The van der Waals surface area contributed by atoms with Crippen LogP contribution in [-0.2, 0) is 11.2 Å². The van der Waals surface area contributed by atoms with Gasteiger partial charge in [0.25, 0.3) is 0 Å². The third-order valence-electron chi connectivity index (χ3n) is 6.78. The number of rotatable bonds is 13. The molecule has 0 saturated carbocycles. The predicted molar refractivity (Wildman–Crippen MR) is 161 cm³/mol. The lowest BCUT2D eigenvalue weighted by molar-refractivity contribution is -0.139. The van der Waals surface area contributed by atoms with Gasteiger partial charge in [-0.3, -0.25) is 4.79 Å². The second-order valence-corrected chi connectivity index (χ2v) is 9.84. The Morgan fingerprint density at radius 1 is 0.854 bits per heavy atom. The minimum atomic E-state index is -0.992. The average molecular weight is 549 g/mol. The van der Waals surface area contributed by atoms with Crippen LogP contribution in [-0.4, -0.2) is 41.1 Å². The topological polar surface area (TPSA) is 101 Å². The third-order valence-corrected chi connectivity index (χ3v) is 6.78. The monoisotopic (exact) mass is 548 g/mol. The molecule has 208 valence electrons. The lowest BCUT2D eigenvalue weighted by atomic mass is 10.1. The Labute approximate surface area is 238 Å². The van der Waals surface area contributed by atoms with Crippen molar-refractivity contribution in [1.82, 2.24) is 10.3 Å². The number of carboxylic acids is 1. The number of ketones is 1. The summed E-state index contributed by atoms with van der Waals surface area (Å²) in [5, 5.41) is 14.9. The molecule has 0 unspecified atom stereocenters. The average Bonchev–Trinajstić information content (AvgIpc) is 3.37. The summed E-state index contributed by atoms with van der Waals surface area (Å²) < 4.78 is 12.0. The summed E-state index contributed by atoms with van der Waals surface area (Å²) in [5.74, 6) is 0.382. The summed E-state index contributed by atoms with van der Waals surface area (Å²) in [7, 11) is 0. The molecule has 5 rings (SSSR count). The molecule has 0 aliphatic heterocycles. The van der Waals surface area contributed by atoms with E-state index in [9.17, 15) is 14.7 Å². The number of nitrogens with one attached hydrogen (secondary N) is 2. The fraction of sp³-hybridized carbons (Fsp3) is 0.176. The van der Waals surface area contributed by atoms with E-state index < -0.39 is 12.0 Å². The number of aliphatic carboxylic acids is 1. The van der Waals surface area contributed by atoms with Gasteiger partial charge in [0, 0.05) is 46.5 Å². The molecule has 1 aromatic heterocycles. The van der Waals surface area contributed by atoms with Gasteiger partial charge in [0.1, 0.15) is 17.5 Å². The number of fused-ring (bicyclic) bond motifs is 3. The van der Waals surface area contributed by atoms with E-state index in [1.54, 1.807) is 31.2 Å². The maximum atomic E-state index is 12.4. The third kappa shape index (κ3) is 6.94. The van der Waals surface area contributed by atoms with Crippen LogP contribution in [0.15, 0.2) is 109 Å². The molecule has 0 aliphatic rings. The summed E-state index contributed by atoms with van der Waals surface area (Å²) in [5.41, 5.74) is 4.02. The SMILES string of the molecule is C/C(=C/C(=O)c1ccccc1)N[C@@H](Cc1ccc(OCCCOc2cccc3[nH]c4ccccc4c23)cc1)C(=O)O. The van der Waals surface area contributed by atoms with E-state index >= 15 is 0 Å². The normalized spacial score (nSPS) is 12.3. The molecule has 4 aromatic carbocycles. The molecule has 0 amide bonds. The number of aromatic amines is 1. The highest BCUT2D eigenvalue weighted by Gasteiger charge is 2.18. The van der Waals surface area contributed by atoms with Crippen LogP contribution in [0.25, 0.3) is 21.8 Å². The number of ether oxygens (including phenoxy) is 2. The molecule has 0 saturated heterocycles. The second-order valence-electron chi connectivity index (χ2n) is 9.84. The first kappa shape index (κ1) is 27.5. The Morgan fingerprint density at radius 3 is 2.34 bits per heavy atom. The standard InChI is InChI=1S/C34H32N2O5/c1-23(21-31(37)25-9-3-2-4-10-25)35-30(34(38)39)22-24-15-17-26(18-16-24)40-19-8-20-41-32-14-7-13-29-33(32)27-11-5-6-12-28(27)36-29/h2-7,9-18,21,30,35-36H,8,19-20,22H2,1H3,(H,38,39)/b23-21-/t30-/m0/s1. The molecular weight excluding hydrogens is 516 g/mol. The van der Waals surface area contributed by atoms with Crippen LogP contribution in [0.1, 0.15) is 29.3 Å². The van der Waals surface area contributed by atoms with E-state index in [0.29, 0.717) is 36.6 Å². The van der Waals surface area contributed by atoms with Crippen molar-refractivity contribution >= 4 is 33.6 Å². The second kappa shape index (κ2) is 12.9. The van der Waals surface area contributed by atoms with E-state index in [1.807, 2.05) is 54.6 Å². The summed E-state index contributed by atoms with van der Waals surface area (Å²) in [6, 6.07) is 29.6. The molecule has 0 radical (unpaired) electrons. The zero-order valence-electron chi connectivity index (χ0n) is 22.8. The van der Waals surface area contributed by atoms with Gasteiger partial charge in [-0.15, -0.1) is 0 Å². The highest BCUT2D eigenvalue weighted by atomic mass is 16.5. The quantitative estimate of drug-likeness (QED) is 0.0878. The molecule has 0 fully saturated rings. The molecule has 1 heterocycles. The molecule has 3 N–H and O–H groups in total. The number of carboxylic acid groups (broad SMARTS) is 1. The summed E-state index contributed by atoms with van der Waals surface area (Å²) in [4.78, 5) is 27.7. The molecule has 7 nitrogen and oxygen atoms in total. The van der Waals surface area contributed by atoms with E-state index in [-0.39, 0.29) is 12.2 Å². The van der Waals surface area contributed by atoms with Gasteiger partial charge in [-0.2, -0.15) is 0 Å². The summed E-state index contributed by atoms with van der Waals surface area (Å²) in [6.07, 6.45) is 2.39. The van der Waals surface area contributed by atoms with Crippen LogP contribution in [0.4, 0.5) is 0 Å². The Balaban J connectivity index is 1.10. The lowest BCUT2D eigenvalue weighted by Gasteiger charge is -2.16. The highest BCUT2D eigenvalue weighted by molar-refractivity contribution is 6.10. The van der Waals surface area contributed by atoms with E-state index in [1.165, 1.54) is 6.08 Å². The number of allylic oxidation sites excluding steroid dienone is 2. The number of aromatic nitrogens is 1. The minimum Gasteiger partial charge on any atom is -0.493 e. The molecule has 0 aliphatic carbocycles. The lowest BCUT2D eigenvalue weighted by Crippen LogP contribution is -2.37.